The molecule has 130 valence electrons. The van der Waals surface area contributed by atoms with Crippen LogP contribution in [0.3, 0.4) is 0 Å². The Morgan fingerprint density at radius 1 is 1.12 bits per heavy atom. The quantitative estimate of drug-likeness (QED) is 0.680. The number of fused-ring (bicyclic) bond motifs is 1. The second-order valence-corrected chi connectivity index (χ2v) is 7.27. The highest BCUT2D eigenvalue weighted by Crippen LogP contribution is 2.25. The third kappa shape index (κ3) is 4.04. The van der Waals surface area contributed by atoms with E-state index < -0.39 is 0 Å². The van der Waals surface area contributed by atoms with Gasteiger partial charge in [0.2, 0.25) is 5.91 Å². The summed E-state index contributed by atoms with van der Waals surface area (Å²) in [6, 6.07) is 15.9. The standard InChI is InChI=1S/C21H19N3OS/c1-13-4-6-18(15(3)8-13)23-20(25)12-26-21-17(11-22)10-16-9-14(2)5-7-19(16)24-21/h4-10H,12H2,1-3H3,(H,23,25). The zero-order valence-electron chi connectivity index (χ0n) is 15.0. The first kappa shape index (κ1) is 18.0. The minimum Gasteiger partial charge on any atom is -0.325 e. The topological polar surface area (TPSA) is 65.8 Å². The number of hydrogen-bond acceptors (Lipinski definition) is 4. The number of carbonyl (C=O) groups is 1. The Morgan fingerprint density at radius 3 is 2.58 bits per heavy atom. The predicted molar refractivity (Wildman–Crippen MR) is 106 cm³/mol. The molecular weight excluding hydrogens is 342 g/mol. The lowest BCUT2D eigenvalue weighted by Gasteiger charge is -2.10. The molecule has 26 heavy (non-hydrogen) atoms. The fourth-order valence-electron chi connectivity index (χ4n) is 2.74. The lowest BCUT2D eigenvalue weighted by Crippen LogP contribution is -2.15. The lowest BCUT2D eigenvalue weighted by atomic mass is 10.1. The van der Waals surface area contributed by atoms with Crippen molar-refractivity contribution in [1.82, 2.24) is 4.98 Å². The molecule has 0 saturated heterocycles. The van der Waals surface area contributed by atoms with Gasteiger partial charge in [0, 0.05) is 11.1 Å². The van der Waals surface area contributed by atoms with Gasteiger partial charge < -0.3 is 5.32 Å². The Kier molecular flexibility index (Phi) is 5.24. The normalized spacial score (nSPS) is 10.5. The van der Waals surface area contributed by atoms with Crippen molar-refractivity contribution >= 4 is 34.3 Å². The molecule has 4 nitrogen and oxygen atoms in total. The Labute approximate surface area is 157 Å². The van der Waals surface area contributed by atoms with E-state index in [1.165, 1.54) is 11.8 Å². The van der Waals surface area contributed by atoms with Crippen LogP contribution in [0.1, 0.15) is 22.3 Å². The third-order valence-electron chi connectivity index (χ3n) is 4.05. The van der Waals surface area contributed by atoms with Gasteiger partial charge >= 0.3 is 0 Å². The van der Waals surface area contributed by atoms with Gasteiger partial charge in [0.1, 0.15) is 11.1 Å². The maximum atomic E-state index is 12.3. The van der Waals surface area contributed by atoms with E-state index in [0.717, 1.165) is 33.3 Å². The molecule has 0 aliphatic rings. The van der Waals surface area contributed by atoms with Crippen molar-refractivity contribution in [2.24, 2.45) is 0 Å². The number of nitrogens with one attached hydrogen (secondary N) is 1. The summed E-state index contributed by atoms with van der Waals surface area (Å²) in [5.41, 5.74) is 5.43. The number of amides is 1. The average molecular weight is 361 g/mol. The molecule has 1 aromatic heterocycles. The van der Waals surface area contributed by atoms with Crippen molar-refractivity contribution in [2.75, 3.05) is 11.1 Å². The van der Waals surface area contributed by atoms with Crippen LogP contribution in [0.15, 0.2) is 47.5 Å². The molecule has 0 aliphatic carbocycles. The van der Waals surface area contributed by atoms with Crippen LogP contribution in [-0.2, 0) is 4.79 Å². The van der Waals surface area contributed by atoms with Crippen LogP contribution in [0, 0.1) is 32.1 Å². The zero-order valence-corrected chi connectivity index (χ0v) is 15.8. The summed E-state index contributed by atoms with van der Waals surface area (Å²) < 4.78 is 0. The van der Waals surface area contributed by atoms with Crippen LogP contribution in [0.5, 0.6) is 0 Å². The van der Waals surface area contributed by atoms with E-state index in [4.69, 9.17) is 0 Å². The first-order chi connectivity index (χ1) is 12.5. The Bertz CT molecular complexity index is 1040. The van der Waals surface area contributed by atoms with Crippen molar-refractivity contribution < 1.29 is 4.79 Å². The molecule has 0 fully saturated rings. The molecule has 0 atom stereocenters. The van der Waals surface area contributed by atoms with Gasteiger partial charge in [-0.3, -0.25) is 4.79 Å². The highest BCUT2D eigenvalue weighted by molar-refractivity contribution is 8.00. The van der Waals surface area contributed by atoms with Crippen LogP contribution >= 0.6 is 11.8 Å². The Hall–Kier alpha value is -2.84. The van der Waals surface area contributed by atoms with Crippen molar-refractivity contribution in [2.45, 2.75) is 25.8 Å². The van der Waals surface area contributed by atoms with Crippen LogP contribution in [0.4, 0.5) is 5.69 Å². The molecule has 0 radical (unpaired) electrons. The summed E-state index contributed by atoms with van der Waals surface area (Å²) in [4.78, 5) is 16.8. The largest absolute Gasteiger partial charge is 0.325 e. The van der Waals surface area contributed by atoms with E-state index in [1.807, 2.05) is 63.2 Å². The maximum Gasteiger partial charge on any atom is 0.234 e. The van der Waals surface area contributed by atoms with Gasteiger partial charge in [0.05, 0.1) is 16.8 Å². The number of nitrogens with zero attached hydrogens (tertiary/aromatic N) is 2. The van der Waals surface area contributed by atoms with Crippen LogP contribution in [0.25, 0.3) is 10.9 Å². The number of nitriles is 1. The minimum absolute atomic E-state index is 0.114. The fraction of sp³-hybridized carbons (Fsp3) is 0.190. The van der Waals surface area contributed by atoms with E-state index in [0.29, 0.717) is 10.6 Å². The van der Waals surface area contributed by atoms with Crippen molar-refractivity contribution in [3.63, 3.8) is 0 Å². The van der Waals surface area contributed by atoms with Gasteiger partial charge in [0.25, 0.3) is 0 Å². The number of rotatable bonds is 4. The second kappa shape index (κ2) is 7.59. The van der Waals surface area contributed by atoms with Gasteiger partial charge in [-0.2, -0.15) is 5.26 Å². The number of aromatic nitrogens is 1. The average Bonchev–Trinajstić information content (AvgIpc) is 2.61. The van der Waals surface area contributed by atoms with Crippen LogP contribution < -0.4 is 5.32 Å². The SMILES string of the molecule is Cc1ccc(NC(=O)CSc2nc3ccc(C)cc3cc2C#N)c(C)c1. The van der Waals surface area contributed by atoms with E-state index in [2.05, 4.69) is 16.4 Å². The highest BCUT2D eigenvalue weighted by atomic mass is 32.2. The zero-order chi connectivity index (χ0) is 18.7. The summed E-state index contributed by atoms with van der Waals surface area (Å²) in [6.07, 6.45) is 0. The number of hydrogen-bond donors (Lipinski definition) is 1. The maximum absolute atomic E-state index is 12.3. The molecular formula is C21H19N3OS. The number of pyridine rings is 1. The molecule has 0 bridgehead atoms. The summed E-state index contributed by atoms with van der Waals surface area (Å²) in [5.74, 6) is 0.0865. The first-order valence-corrected chi connectivity index (χ1v) is 9.26. The number of carbonyl (C=O) groups excluding carboxylic acids is 1. The van der Waals surface area contributed by atoms with Gasteiger partial charge in [-0.25, -0.2) is 4.98 Å². The third-order valence-corrected chi connectivity index (χ3v) is 5.04. The summed E-state index contributed by atoms with van der Waals surface area (Å²) >= 11 is 1.28. The van der Waals surface area contributed by atoms with Gasteiger partial charge in [-0.1, -0.05) is 41.1 Å². The Balaban J connectivity index is 1.75. The smallest absolute Gasteiger partial charge is 0.234 e. The second-order valence-electron chi connectivity index (χ2n) is 6.30. The van der Waals surface area contributed by atoms with E-state index in [1.54, 1.807) is 0 Å². The van der Waals surface area contributed by atoms with Gasteiger partial charge in [0.15, 0.2) is 0 Å². The van der Waals surface area contributed by atoms with Crippen LogP contribution in [0.2, 0.25) is 0 Å². The molecule has 3 rings (SSSR count). The summed E-state index contributed by atoms with van der Waals surface area (Å²) in [5, 5.41) is 13.8. The predicted octanol–water partition coefficient (Wildman–Crippen LogP) is 4.76. The van der Waals surface area contributed by atoms with Gasteiger partial charge in [-0.15, -0.1) is 0 Å². The number of aryl methyl sites for hydroxylation is 3. The van der Waals surface area contributed by atoms with E-state index in [-0.39, 0.29) is 11.7 Å². The molecule has 1 amide bonds. The molecule has 0 spiro atoms. The molecule has 2 aromatic carbocycles. The van der Waals surface area contributed by atoms with E-state index >= 15 is 0 Å². The van der Waals surface area contributed by atoms with Crippen molar-refractivity contribution in [1.29, 1.82) is 5.26 Å². The Morgan fingerprint density at radius 2 is 1.85 bits per heavy atom. The molecule has 1 N–H and O–H groups in total. The van der Waals surface area contributed by atoms with Crippen LogP contribution in [-0.4, -0.2) is 16.6 Å². The number of benzene rings is 2. The first-order valence-electron chi connectivity index (χ1n) is 8.27. The molecule has 0 unspecified atom stereocenters. The number of thioether (sulfide) groups is 1. The monoisotopic (exact) mass is 361 g/mol. The summed E-state index contributed by atoms with van der Waals surface area (Å²) in [6.45, 7) is 5.99. The molecule has 1 heterocycles. The molecule has 0 saturated carbocycles. The van der Waals surface area contributed by atoms with Gasteiger partial charge in [-0.05, 0) is 50.6 Å². The molecule has 3 aromatic rings. The fourth-order valence-corrected chi connectivity index (χ4v) is 3.51. The minimum atomic E-state index is -0.114. The molecule has 5 heteroatoms. The van der Waals surface area contributed by atoms with Crippen molar-refractivity contribution in [3.05, 3.63) is 64.7 Å². The summed E-state index contributed by atoms with van der Waals surface area (Å²) in [7, 11) is 0. The lowest BCUT2D eigenvalue weighted by molar-refractivity contribution is -0.113. The molecule has 0 aliphatic heterocycles. The van der Waals surface area contributed by atoms with Crippen molar-refractivity contribution in [3.8, 4) is 6.07 Å². The number of anilines is 1. The van der Waals surface area contributed by atoms with E-state index in [9.17, 15) is 10.1 Å². The highest BCUT2D eigenvalue weighted by Gasteiger charge is 2.11.